The Balaban J connectivity index is 1.35. The maximum atomic E-state index is 14.3. The highest BCUT2D eigenvalue weighted by Crippen LogP contribution is 2.47. The van der Waals surface area contributed by atoms with Crippen molar-refractivity contribution in [1.29, 1.82) is 5.26 Å². The molecule has 0 bridgehead atoms. The number of aryl methyl sites for hydroxylation is 2. The standard InChI is InChI=1S/C28H34FN5O3/c29-19-12-27(8-3-10-34(27)15-19)17-36-26-32-23(5-2-11-35)21-16-37-28(13-24(21)33-26)9-1-4-18-6-7-22(31)20(14-30)25(18)28/h6-7,19,35H,1-5,8-13,15-17,31H2. The molecule has 3 N–H and O–H groups in total. The lowest BCUT2D eigenvalue weighted by Crippen LogP contribution is -2.44. The zero-order valence-electron chi connectivity index (χ0n) is 21.1. The quantitative estimate of drug-likeness (QED) is 0.573. The number of nitriles is 1. The van der Waals surface area contributed by atoms with Crippen LogP contribution in [0, 0.1) is 11.3 Å². The second kappa shape index (κ2) is 9.50. The molecule has 2 aromatic rings. The van der Waals surface area contributed by atoms with Gasteiger partial charge in [-0.05, 0) is 63.1 Å². The number of ether oxygens (including phenoxy) is 2. The van der Waals surface area contributed by atoms with Crippen LogP contribution >= 0.6 is 0 Å². The number of anilines is 1. The van der Waals surface area contributed by atoms with E-state index in [1.165, 1.54) is 0 Å². The SMILES string of the molecule is N#Cc1c(N)ccc2c1C1(CCC2)Cc2nc(OCC34CCCN3CC(F)C4)nc(CCCO)c2CO1. The number of hydrogen-bond donors (Lipinski definition) is 2. The first-order valence-corrected chi connectivity index (χ1v) is 13.4. The predicted molar refractivity (Wildman–Crippen MR) is 135 cm³/mol. The van der Waals surface area contributed by atoms with Gasteiger partial charge in [0.1, 0.15) is 24.4 Å². The number of hydrogen-bond acceptors (Lipinski definition) is 8. The number of aliphatic hydroxyl groups excluding tert-OH is 1. The molecule has 1 aromatic carbocycles. The second-order valence-electron chi connectivity index (χ2n) is 11.1. The number of nitrogen functional groups attached to an aromatic ring is 1. The highest BCUT2D eigenvalue weighted by Gasteiger charge is 2.50. The van der Waals surface area contributed by atoms with Crippen LogP contribution in [0.4, 0.5) is 10.1 Å². The van der Waals surface area contributed by atoms with Crippen LogP contribution in [0.5, 0.6) is 6.01 Å². The molecule has 1 spiro atoms. The summed E-state index contributed by atoms with van der Waals surface area (Å²) in [4.78, 5) is 11.8. The number of rotatable bonds is 6. The van der Waals surface area contributed by atoms with Gasteiger partial charge in [-0.2, -0.15) is 15.2 Å². The molecule has 1 aliphatic carbocycles. The van der Waals surface area contributed by atoms with Gasteiger partial charge >= 0.3 is 6.01 Å². The Hall–Kier alpha value is -2.80. The molecule has 9 heteroatoms. The molecular formula is C28H34FN5O3. The van der Waals surface area contributed by atoms with Gasteiger partial charge < -0.3 is 20.3 Å². The lowest BCUT2D eigenvalue weighted by atomic mass is 9.72. The van der Waals surface area contributed by atoms with Crippen molar-refractivity contribution in [1.82, 2.24) is 14.9 Å². The number of nitrogens with zero attached hydrogens (tertiary/aromatic N) is 4. The Morgan fingerprint density at radius 3 is 3.03 bits per heavy atom. The largest absolute Gasteiger partial charge is 0.461 e. The smallest absolute Gasteiger partial charge is 0.316 e. The molecule has 3 aliphatic heterocycles. The molecule has 196 valence electrons. The Bertz CT molecular complexity index is 1250. The number of halogens is 1. The topological polar surface area (TPSA) is 118 Å². The summed E-state index contributed by atoms with van der Waals surface area (Å²) in [6.07, 6.45) is 5.91. The fourth-order valence-electron chi connectivity index (χ4n) is 7.09. The van der Waals surface area contributed by atoms with Gasteiger partial charge in [-0.25, -0.2) is 4.39 Å². The number of alkyl halides is 1. The summed E-state index contributed by atoms with van der Waals surface area (Å²) in [5.41, 5.74) is 10.8. The van der Waals surface area contributed by atoms with Gasteiger partial charge in [-0.1, -0.05) is 6.07 Å². The van der Waals surface area contributed by atoms with E-state index in [0.29, 0.717) is 62.7 Å². The molecule has 0 radical (unpaired) electrons. The van der Waals surface area contributed by atoms with Crippen molar-refractivity contribution in [2.24, 2.45) is 0 Å². The van der Waals surface area contributed by atoms with E-state index in [4.69, 9.17) is 25.2 Å². The van der Waals surface area contributed by atoms with E-state index in [0.717, 1.165) is 66.7 Å². The maximum Gasteiger partial charge on any atom is 0.316 e. The number of aliphatic hydroxyl groups is 1. The molecule has 1 aromatic heterocycles. The number of benzene rings is 1. The van der Waals surface area contributed by atoms with E-state index in [2.05, 4.69) is 11.0 Å². The van der Waals surface area contributed by atoms with Crippen LogP contribution in [0.15, 0.2) is 12.1 Å². The molecule has 8 nitrogen and oxygen atoms in total. The van der Waals surface area contributed by atoms with Crippen LogP contribution in [0.3, 0.4) is 0 Å². The highest BCUT2D eigenvalue weighted by molar-refractivity contribution is 5.63. The van der Waals surface area contributed by atoms with Gasteiger partial charge in [0.25, 0.3) is 0 Å². The van der Waals surface area contributed by atoms with Gasteiger partial charge in [0.15, 0.2) is 0 Å². The van der Waals surface area contributed by atoms with Crippen molar-refractivity contribution >= 4 is 5.69 Å². The van der Waals surface area contributed by atoms with E-state index in [1.807, 2.05) is 12.1 Å². The van der Waals surface area contributed by atoms with Crippen molar-refractivity contribution in [3.8, 4) is 12.1 Å². The van der Waals surface area contributed by atoms with Gasteiger partial charge in [-0.15, -0.1) is 0 Å². The van der Waals surface area contributed by atoms with Crippen molar-refractivity contribution in [2.75, 3.05) is 32.0 Å². The molecule has 4 aliphatic rings. The number of nitrogens with two attached hydrogens (primary N) is 1. The first-order valence-electron chi connectivity index (χ1n) is 13.4. The summed E-state index contributed by atoms with van der Waals surface area (Å²) < 4.78 is 27.1. The third kappa shape index (κ3) is 4.15. The molecule has 6 rings (SSSR count). The van der Waals surface area contributed by atoms with Gasteiger partial charge in [0, 0.05) is 42.8 Å². The number of fused-ring (bicyclic) bond motifs is 4. The van der Waals surface area contributed by atoms with Crippen LogP contribution < -0.4 is 10.5 Å². The second-order valence-corrected chi connectivity index (χ2v) is 11.1. The third-order valence-electron chi connectivity index (χ3n) is 8.82. The highest BCUT2D eigenvalue weighted by atomic mass is 19.1. The van der Waals surface area contributed by atoms with E-state index in [1.54, 1.807) is 0 Å². The minimum atomic E-state index is -0.821. The normalized spacial score (nSPS) is 28.5. The number of aromatic nitrogens is 2. The van der Waals surface area contributed by atoms with E-state index in [9.17, 15) is 14.8 Å². The van der Waals surface area contributed by atoms with Crippen molar-refractivity contribution < 1.29 is 19.0 Å². The van der Waals surface area contributed by atoms with Crippen molar-refractivity contribution in [3.05, 3.63) is 45.8 Å². The third-order valence-corrected chi connectivity index (χ3v) is 8.82. The van der Waals surface area contributed by atoms with Gasteiger partial charge in [0.2, 0.25) is 0 Å². The molecular weight excluding hydrogens is 473 g/mol. The Labute approximate surface area is 216 Å². The molecule has 4 heterocycles. The minimum absolute atomic E-state index is 0.0634. The Kier molecular flexibility index (Phi) is 6.30. The summed E-state index contributed by atoms with van der Waals surface area (Å²) in [5.74, 6) is 0. The first kappa shape index (κ1) is 24.5. The average Bonchev–Trinajstić information content (AvgIpc) is 3.42. The fourth-order valence-corrected chi connectivity index (χ4v) is 7.09. The summed E-state index contributed by atoms with van der Waals surface area (Å²) in [6, 6.07) is 6.45. The summed E-state index contributed by atoms with van der Waals surface area (Å²) >= 11 is 0. The van der Waals surface area contributed by atoms with Crippen LogP contribution in [0.25, 0.3) is 0 Å². The molecule has 0 saturated carbocycles. The molecule has 2 fully saturated rings. The Morgan fingerprint density at radius 2 is 2.19 bits per heavy atom. The summed E-state index contributed by atoms with van der Waals surface area (Å²) in [6.45, 7) is 2.13. The van der Waals surface area contributed by atoms with Crippen LogP contribution in [0.2, 0.25) is 0 Å². The van der Waals surface area contributed by atoms with Crippen LogP contribution in [-0.2, 0) is 36.2 Å². The van der Waals surface area contributed by atoms with E-state index in [-0.39, 0.29) is 12.1 Å². The molecule has 37 heavy (non-hydrogen) atoms. The molecule has 3 atom stereocenters. The van der Waals surface area contributed by atoms with Crippen LogP contribution in [0.1, 0.15) is 72.2 Å². The Morgan fingerprint density at radius 1 is 1.30 bits per heavy atom. The zero-order chi connectivity index (χ0) is 25.6. The summed E-state index contributed by atoms with van der Waals surface area (Å²) in [7, 11) is 0. The summed E-state index contributed by atoms with van der Waals surface area (Å²) in [5, 5.41) is 19.4. The van der Waals surface area contributed by atoms with E-state index < -0.39 is 11.8 Å². The van der Waals surface area contributed by atoms with Gasteiger partial charge in [0.05, 0.1) is 29.1 Å². The molecule has 0 amide bonds. The zero-order valence-corrected chi connectivity index (χ0v) is 21.1. The lowest BCUT2D eigenvalue weighted by molar-refractivity contribution is -0.0863. The first-order chi connectivity index (χ1) is 18.0. The minimum Gasteiger partial charge on any atom is -0.461 e. The van der Waals surface area contributed by atoms with E-state index >= 15 is 0 Å². The monoisotopic (exact) mass is 507 g/mol. The maximum absolute atomic E-state index is 14.3. The lowest BCUT2D eigenvalue weighted by Gasteiger charge is -2.43. The van der Waals surface area contributed by atoms with Crippen LogP contribution in [-0.4, -0.2) is 58.0 Å². The predicted octanol–water partition coefficient (Wildman–Crippen LogP) is 3.12. The van der Waals surface area contributed by atoms with Gasteiger partial charge in [-0.3, -0.25) is 4.90 Å². The van der Waals surface area contributed by atoms with Crippen molar-refractivity contribution in [2.45, 2.75) is 81.7 Å². The molecule has 3 unspecified atom stereocenters. The fraction of sp³-hybridized carbons (Fsp3) is 0.607. The van der Waals surface area contributed by atoms with Crippen molar-refractivity contribution in [3.63, 3.8) is 0 Å². The average molecular weight is 508 g/mol. The molecule has 2 saturated heterocycles.